The first-order valence-corrected chi connectivity index (χ1v) is 8.57. The second-order valence-corrected chi connectivity index (χ2v) is 6.24. The van der Waals surface area contributed by atoms with Crippen LogP contribution >= 0.6 is 0 Å². The van der Waals surface area contributed by atoms with Gasteiger partial charge in [-0.1, -0.05) is 42.5 Å². The monoisotopic (exact) mass is 368 g/mol. The number of carboxylic acids is 1. The summed E-state index contributed by atoms with van der Waals surface area (Å²) in [5.41, 5.74) is 1.54. The molecule has 0 aliphatic carbocycles. The summed E-state index contributed by atoms with van der Waals surface area (Å²) in [6, 6.07) is 16.1. The lowest BCUT2D eigenvalue weighted by Gasteiger charge is -2.32. The van der Waals surface area contributed by atoms with Crippen molar-refractivity contribution in [3.05, 3.63) is 65.7 Å². The highest BCUT2D eigenvalue weighted by molar-refractivity contribution is 5.86. The van der Waals surface area contributed by atoms with E-state index in [1.54, 1.807) is 36.4 Å². The third-order valence-electron chi connectivity index (χ3n) is 4.40. The molecule has 0 aromatic heterocycles. The lowest BCUT2D eigenvalue weighted by molar-refractivity contribution is -0.141. The van der Waals surface area contributed by atoms with Gasteiger partial charge in [0, 0.05) is 13.1 Å². The molecule has 1 atom stereocenters. The van der Waals surface area contributed by atoms with Gasteiger partial charge in [0.15, 0.2) is 6.61 Å². The summed E-state index contributed by atoms with van der Waals surface area (Å²) in [5.74, 6) is -1.92. The predicted octanol–water partition coefficient (Wildman–Crippen LogP) is 1.39. The van der Waals surface area contributed by atoms with Crippen LogP contribution in [0.5, 0.6) is 5.75 Å². The number of benzene rings is 2. The average molecular weight is 368 g/mol. The highest BCUT2D eigenvalue weighted by Crippen LogP contribution is 2.28. The van der Waals surface area contributed by atoms with Crippen molar-refractivity contribution in [2.75, 3.05) is 19.7 Å². The van der Waals surface area contributed by atoms with Gasteiger partial charge in [-0.3, -0.25) is 14.4 Å². The molecular formula is C20H20N2O5. The molecule has 3 rings (SSSR count). The number of nitrogens with zero attached hydrogens (tertiary/aromatic N) is 1. The molecule has 1 aliphatic heterocycles. The van der Waals surface area contributed by atoms with Crippen LogP contribution in [0.1, 0.15) is 17.0 Å². The minimum absolute atomic E-state index is 0.0849. The molecule has 0 fully saturated rings. The number of aliphatic carboxylic acids is 1. The van der Waals surface area contributed by atoms with Gasteiger partial charge >= 0.3 is 5.97 Å². The molecule has 1 heterocycles. The van der Waals surface area contributed by atoms with Gasteiger partial charge in [0.2, 0.25) is 5.91 Å². The second-order valence-electron chi connectivity index (χ2n) is 6.24. The van der Waals surface area contributed by atoms with E-state index in [4.69, 9.17) is 4.74 Å². The Balaban J connectivity index is 1.54. The van der Waals surface area contributed by atoms with Crippen LogP contribution in [0.2, 0.25) is 0 Å². The van der Waals surface area contributed by atoms with Crippen LogP contribution in [-0.2, 0) is 20.9 Å². The maximum atomic E-state index is 12.4. The Kier molecular flexibility index (Phi) is 5.71. The summed E-state index contributed by atoms with van der Waals surface area (Å²) >= 11 is 0. The molecule has 0 spiro atoms. The smallest absolute Gasteiger partial charge is 0.312 e. The van der Waals surface area contributed by atoms with Gasteiger partial charge in [-0.15, -0.1) is 0 Å². The van der Waals surface area contributed by atoms with Gasteiger partial charge in [-0.2, -0.15) is 0 Å². The summed E-state index contributed by atoms with van der Waals surface area (Å²) in [7, 11) is 0. The molecule has 2 aromatic carbocycles. The van der Waals surface area contributed by atoms with E-state index in [1.807, 2.05) is 18.2 Å². The largest absolute Gasteiger partial charge is 0.484 e. The Morgan fingerprint density at radius 1 is 1.07 bits per heavy atom. The van der Waals surface area contributed by atoms with Gasteiger partial charge in [0.1, 0.15) is 5.75 Å². The Bertz CT molecular complexity index is 837. The first-order valence-electron chi connectivity index (χ1n) is 8.57. The van der Waals surface area contributed by atoms with Crippen molar-refractivity contribution in [1.82, 2.24) is 10.2 Å². The summed E-state index contributed by atoms with van der Waals surface area (Å²) in [6.45, 7) is 0.0140. The minimum atomic E-state index is -0.972. The molecule has 1 unspecified atom stereocenters. The average Bonchev–Trinajstić information content (AvgIpc) is 2.70. The van der Waals surface area contributed by atoms with Crippen LogP contribution in [0.4, 0.5) is 0 Å². The summed E-state index contributed by atoms with van der Waals surface area (Å²) in [4.78, 5) is 37.3. The number of ether oxygens (including phenoxy) is 1. The Hall–Kier alpha value is -3.35. The van der Waals surface area contributed by atoms with Crippen LogP contribution < -0.4 is 10.1 Å². The van der Waals surface area contributed by atoms with Crippen LogP contribution in [0.25, 0.3) is 0 Å². The molecule has 0 saturated carbocycles. The lowest BCUT2D eigenvalue weighted by atomic mass is 9.90. The van der Waals surface area contributed by atoms with Crippen molar-refractivity contribution in [1.29, 1.82) is 0 Å². The molecule has 0 saturated heterocycles. The molecule has 0 bridgehead atoms. The number of para-hydroxylation sites is 1. The van der Waals surface area contributed by atoms with E-state index in [2.05, 4.69) is 5.32 Å². The van der Waals surface area contributed by atoms with Gasteiger partial charge in [0.25, 0.3) is 5.91 Å². The molecule has 2 amide bonds. The van der Waals surface area contributed by atoms with Gasteiger partial charge < -0.3 is 20.1 Å². The van der Waals surface area contributed by atoms with Crippen LogP contribution in [0.3, 0.4) is 0 Å². The van der Waals surface area contributed by atoms with E-state index in [9.17, 15) is 19.5 Å². The van der Waals surface area contributed by atoms with Crippen molar-refractivity contribution in [2.45, 2.75) is 12.5 Å². The SMILES string of the molecule is O=C(COc1ccccc1)NCC(=O)N1Cc2ccccc2C(C(=O)O)C1. The normalized spacial score (nSPS) is 15.6. The maximum absolute atomic E-state index is 12.4. The van der Waals surface area contributed by atoms with Gasteiger partial charge in [0.05, 0.1) is 12.5 Å². The molecular weight excluding hydrogens is 348 g/mol. The van der Waals surface area contributed by atoms with Crippen LogP contribution in [0.15, 0.2) is 54.6 Å². The zero-order valence-corrected chi connectivity index (χ0v) is 14.6. The number of carbonyl (C=O) groups is 3. The van der Waals surface area contributed by atoms with Crippen molar-refractivity contribution in [2.24, 2.45) is 0 Å². The third-order valence-corrected chi connectivity index (χ3v) is 4.40. The van der Waals surface area contributed by atoms with E-state index in [0.29, 0.717) is 12.3 Å². The summed E-state index contributed by atoms with van der Waals surface area (Å²) in [5, 5.41) is 12.0. The van der Waals surface area contributed by atoms with Crippen molar-refractivity contribution in [3.63, 3.8) is 0 Å². The standard InChI is InChI=1S/C20H20N2O5/c23-18(13-27-15-7-2-1-3-8-15)21-10-19(24)22-11-14-6-4-5-9-16(14)17(12-22)20(25)26/h1-9,17H,10-13H2,(H,21,23)(H,25,26). The zero-order chi connectivity index (χ0) is 19.2. The van der Waals surface area contributed by atoms with E-state index >= 15 is 0 Å². The van der Waals surface area contributed by atoms with Crippen LogP contribution in [0, 0.1) is 0 Å². The van der Waals surface area contributed by atoms with E-state index < -0.39 is 17.8 Å². The van der Waals surface area contributed by atoms with Crippen molar-refractivity contribution >= 4 is 17.8 Å². The number of nitrogens with one attached hydrogen (secondary N) is 1. The second kappa shape index (κ2) is 8.35. The van der Waals surface area contributed by atoms with E-state index in [0.717, 1.165) is 11.1 Å². The Labute approximate surface area is 156 Å². The summed E-state index contributed by atoms with van der Waals surface area (Å²) in [6.07, 6.45) is 0. The molecule has 2 N–H and O–H groups in total. The topological polar surface area (TPSA) is 95.9 Å². The number of hydrogen-bond donors (Lipinski definition) is 2. The summed E-state index contributed by atoms with van der Waals surface area (Å²) < 4.78 is 5.33. The number of carboxylic acid groups (broad SMARTS) is 1. The molecule has 27 heavy (non-hydrogen) atoms. The highest BCUT2D eigenvalue weighted by atomic mass is 16.5. The fourth-order valence-corrected chi connectivity index (χ4v) is 3.01. The number of fused-ring (bicyclic) bond motifs is 1. The molecule has 7 heteroatoms. The Morgan fingerprint density at radius 2 is 1.78 bits per heavy atom. The first-order chi connectivity index (χ1) is 13.0. The number of carbonyl (C=O) groups excluding carboxylic acids is 2. The fourth-order valence-electron chi connectivity index (χ4n) is 3.01. The van der Waals surface area contributed by atoms with Crippen molar-refractivity contribution in [3.8, 4) is 5.75 Å². The van der Waals surface area contributed by atoms with E-state index in [1.165, 1.54) is 4.90 Å². The number of hydrogen-bond acceptors (Lipinski definition) is 4. The molecule has 1 aliphatic rings. The quantitative estimate of drug-likeness (QED) is 0.803. The molecule has 2 aromatic rings. The number of amides is 2. The highest BCUT2D eigenvalue weighted by Gasteiger charge is 2.32. The minimum Gasteiger partial charge on any atom is -0.484 e. The molecule has 0 radical (unpaired) electrons. The molecule has 140 valence electrons. The zero-order valence-electron chi connectivity index (χ0n) is 14.6. The first kappa shape index (κ1) is 18.4. The maximum Gasteiger partial charge on any atom is 0.312 e. The van der Waals surface area contributed by atoms with Gasteiger partial charge in [-0.05, 0) is 23.3 Å². The Morgan fingerprint density at radius 3 is 2.52 bits per heavy atom. The molecule has 7 nitrogen and oxygen atoms in total. The van der Waals surface area contributed by atoms with Gasteiger partial charge in [-0.25, -0.2) is 0 Å². The third kappa shape index (κ3) is 4.63. The van der Waals surface area contributed by atoms with Crippen molar-refractivity contribution < 1.29 is 24.2 Å². The predicted molar refractivity (Wildman–Crippen MR) is 97.2 cm³/mol. The van der Waals surface area contributed by atoms with E-state index in [-0.39, 0.29) is 25.6 Å². The van der Waals surface area contributed by atoms with Crippen LogP contribution in [-0.4, -0.2) is 47.5 Å². The lowest BCUT2D eigenvalue weighted by Crippen LogP contribution is -2.45. The fraction of sp³-hybridized carbons (Fsp3) is 0.250. The number of rotatable bonds is 6.